The van der Waals surface area contributed by atoms with Crippen molar-refractivity contribution >= 4 is 0 Å². The van der Waals surface area contributed by atoms with E-state index in [1.54, 1.807) is 6.07 Å². The number of nitrogens with one attached hydrogen (secondary N) is 1. The standard InChI is InChI=1S/C19H28FN/c1-14(2)12-19(10-3-4-11-19)13-21-18-9-8-15-16(18)6-5-7-17(15)20/h5-7,14,18,21H,3-4,8-13H2,1-2H3. The van der Waals surface area contributed by atoms with Gasteiger partial charge in [0.2, 0.25) is 0 Å². The van der Waals surface area contributed by atoms with Gasteiger partial charge in [-0.3, -0.25) is 0 Å². The molecule has 2 aliphatic carbocycles. The molecule has 0 aromatic heterocycles. The third kappa shape index (κ3) is 3.15. The lowest BCUT2D eigenvalue weighted by Crippen LogP contribution is -2.35. The molecular formula is C19H28FN. The van der Waals surface area contributed by atoms with Crippen molar-refractivity contribution in [3.63, 3.8) is 0 Å². The van der Waals surface area contributed by atoms with Crippen LogP contribution in [0.25, 0.3) is 0 Å². The summed E-state index contributed by atoms with van der Waals surface area (Å²) in [5.41, 5.74) is 2.64. The van der Waals surface area contributed by atoms with E-state index in [1.165, 1.54) is 37.7 Å². The summed E-state index contributed by atoms with van der Waals surface area (Å²) in [4.78, 5) is 0. The molecule has 0 saturated heterocycles. The Hall–Kier alpha value is -0.890. The average Bonchev–Trinajstić information content (AvgIpc) is 3.04. The first kappa shape index (κ1) is 15.0. The van der Waals surface area contributed by atoms with E-state index in [0.29, 0.717) is 11.5 Å². The molecule has 0 aliphatic heterocycles. The lowest BCUT2D eigenvalue weighted by Gasteiger charge is -2.33. The second-order valence-corrected chi connectivity index (χ2v) is 7.58. The molecule has 3 rings (SSSR count). The zero-order valence-electron chi connectivity index (χ0n) is 13.4. The van der Waals surface area contributed by atoms with E-state index >= 15 is 0 Å². The minimum atomic E-state index is -0.0189. The maximum Gasteiger partial charge on any atom is 0.126 e. The number of halogens is 1. The van der Waals surface area contributed by atoms with Crippen LogP contribution in [0.3, 0.4) is 0 Å². The van der Waals surface area contributed by atoms with Crippen LogP contribution in [0.4, 0.5) is 4.39 Å². The highest BCUT2D eigenvalue weighted by Gasteiger charge is 2.35. The summed E-state index contributed by atoms with van der Waals surface area (Å²) in [6, 6.07) is 5.92. The summed E-state index contributed by atoms with van der Waals surface area (Å²) in [6.45, 7) is 5.77. The van der Waals surface area contributed by atoms with Crippen molar-refractivity contribution in [2.24, 2.45) is 11.3 Å². The monoisotopic (exact) mass is 289 g/mol. The first-order valence-corrected chi connectivity index (χ1v) is 8.60. The van der Waals surface area contributed by atoms with Gasteiger partial charge >= 0.3 is 0 Å². The Bertz CT molecular complexity index is 488. The van der Waals surface area contributed by atoms with Gasteiger partial charge in [-0.1, -0.05) is 38.8 Å². The van der Waals surface area contributed by atoms with Crippen molar-refractivity contribution < 1.29 is 4.39 Å². The summed E-state index contributed by atoms with van der Waals surface area (Å²) < 4.78 is 13.8. The Labute approximate surface area is 128 Å². The van der Waals surface area contributed by atoms with Crippen molar-refractivity contribution in [1.29, 1.82) is 0 Å². The third-order valence-corrected chi connectivity index (χ3v) is 5.44. The zero-order valence-corrected chi connectivity index (χ0v) is 13.4. The highest BCUT2D eigenvalue weighted by Crippen LogP contribution is 2.43. The maximum absolute atomic E-state index is 13.8. The molecule has 116 valence electrons. The van der Waals surface area contributed by atoms with E-state index < -0.39 is 0 Å². The fourth-order valence-corrected chi connectivity index (χ4v) is 4.61. The molecule has 1 aromatic carbocycles. The van der Waals surface area contributed by atoms with Gasteiger partial charge in [0.05, 0.1) is 0 Å². The molecule has 1 aromatic rings. The fourth-order valence-electron chi connectivity index (χ4n) is 4.61. The molecule has 1 unspecified atom stereocenters. The van der Waals surface area contributed by atoms with E-state index in [9.17, 15) is 4.39 Å². The van der Waals surface area contributed by atoms with E-state index in [2.05, 4.69) is 25.2 Å². The summed E-state index contributed by atoms with van der Waals surface area (Å²) in [5, 5.41) is 3.79. The van der Waals surface area contributed by atoms with Crippen LogP contribution in [-0.4, -0.2) is 6.54 Å². The first-order chi connectivity index (χ1) is 10.1. The predicted octanol–water partition coefficient (Wildman–Crippen LogP) is 5.01. The number of hydrogen-bond donors (Lipinski definition) is 1. The maximum atomic E-state index is 13.8. The molecule has 1 N–H and O–H groups in total. The Morgan fingerprint density at radius 3 is 2.76 bits per heavy atom. The summed E-state index contributed by atoms with van der Waals surface area (Å²) in [7, 11) is 0. The molecule has 21 heavy (non-hydrogen) atoms. The van der Waals surface area contributed by atoms with Crippen molar-refractivity contribution in [3.05, 3.63) is 35.1 Å². The minimum absolute atomic E-state index is 0.0189. The van der Waals surface area contributed by atoms with Crippen LogP contribution in [-0.2, 0) is 6.42 Å². The molecular weight excluding hydrogens is 261 g/mol. The van der Waals surface area contributed by atoms with Gasteiger partial charge in [0.25, 0.3) is 0 Å². The summed E-state index contributed by atoms with van der Waals surface area (Å²) >= 11 is 0. The first-order valence-electron chi connectivity index (χ1n) is 8.60. The lowest BCUT2D eigenvalue weighted by molar-refractivity contribution is 0.215. The Balaban J connectivity index is 1.67. The van der Waals surface area contributed by atoms with Gasteiger partial charge in [-0.15, -0.1) is 0 Å². The van der Waals surface area contributed by atoms with E-state index in [-0.39, 0.29) is 5.82 Å². The second kappa shape index (κ2) is 6.08. The van der Waals surface area contributed by atoms with Crippen molar-refractivity contribution in [1.82, 2.24) is 5.32 Å². The summed E-state index contributed by atoms with van der Waals surface area (Å²) in [5.74, 6) is 0.743. The molecule has 1 nitrogen and oxygen atoms in total. The largest absolute Gasteiger partial charge is 0.309 e. The van der Waals surface area contributed by atoms with Crippen molar-refractivity contribution in [2.45, 2.75) is 64.8 Å². The van der Waals surface area contributed by atoms with Crippen molar-refractivity contribution in [3.8, 4) is 0 Å². The number of hydrogen-bond acceptors (Lipinski definition) is 1. The third-order valence-electron chi connectivity index (χ3n) is 5.44. The van der Waals surface area contributed by atoms with Crippen LogP contribution in [0, 0.1) is 17.2 Å². The topological polar surface area (TPSA) is 12.0 Å². The molecule has 2 heteroatoms. The van der Waals surface area contributed by atoms with Crippen LogP contribution in [0.15, 0.2) is 18.2 Å². The average molecular weight is 289 g/mol. The van der Waals surface area contributed by atoms with Crippen LogP contribution in [0.5, 0.6) is 0 Å². The van der Waals surface area contributed by atoms with Crippen LogP contribution < -0.4 is 5.32 Å². The van der Waals surface area contributed by atoms with E-state index in [4.69, 9.17) is 0 Å². The predicted molar refractivity (Wildman–Crippen MR) is 85.8 cm³/mol. The molecule has 0 radical (unpaired) electrons. The normalized spacial score (nSPS) is 23.7. The Morgan fingerprint density at radius 2 is 2.05 bits per heavy atom. The van der Waals surface area contributed by atoms with Gasteiger partial charge in [0, 0.05) is 12.6 Å². The van der Waals surface area contributed by atoms with E-state index in [0.717, 1.165) is 30.9 Å². The fraction of sp³-hybridized carbons (Fsp3) is 0.684. The Kier molecular flexibility index (Phi) is 4.35. The molecule has 1 fully saturated rings. The van der Waals surface area contributed by atoms with Gasteiger partial charge in [-0.25, -0.2) is 4.39 Å². The van der Waals surface area contributed by atoms with Crippen LogP contribution >= 0.6 is 0 Å². The number of benzene rings is 1. The van der Waals surface area contributed by atoms with Gasteiger partial charge in [0.1, 0.15) is 5.82 Å². The minimum Gasteiger partial charge on any atom is -0.309 e. The molecule has 0 heterocycles. The van der Waals surface area contributed by atoms with Gasteiger partial charge in [0.15, 0.2) is 0 Å². The van der Waals surface area contributed by atoms with Gasteiger partial charge in [-0.2, -0.15) is 0 Å². The molecule has 1 saturated carbocycles. The number of rotatable bonds is 5. The molecule has 1 atom stereocenters. The zero-order chi connectivity index (χ0) is 14.9. The smallest absolute Gasteiger partial charge is 0.126 e. The van der Waals surface area contributed by atoms with E-state index in [1.807, 2.05) is 6.07 Å². The molecule has 2 aliphatic rings. The SMILES string of the molecule is CC(C)CC1(CNC2CCc3c(F)cccc32)CCCC1. The van der Waals surface area contributed by atoms with Gasteiger partial charge in [-0.05, 0) is 60.6 Å². The van der Waals surface area contributed by atoms with Crippen LogP contribution in [0.1, 0.15) is 69.5 Å². The second-order valence-electron chi connectivity index (χ2n) is 7.58. The molecule has 0 bridgehead atoms. The highest BCUT2D eigenvalue weighted by atomic mass is 19.1. The lowest BCUT2D eigenvalue weighted by atomic mass is 9.78. The van der Waals surface area contributed by atoms with Crippen molar-refractivity contribution in [2.75, 3.05) is 6.54 Å². The van der Waals surface area contributed by atoms with Gasteiger partial charge < -0.3 is 5.32 Å². The highest BCUT2D eigenvalue weighted by molar-refractivity contribution is 5.35. The quantitative estimate of drug-likeness (QED) is 0.803. The summed E-state index contributed by atoms with van der Waals surface area (Å²) in [6.07, 6.45) is 8.74. The number of fused-ring (bicyclic) bond motifs is 1. The Morgan fingerprint density at radius 1 is 1.29 bits per heavy atom. The molecule has 0 amide bonds. The molecule has 0 spiro atoms. The van der Waals surface area contributed by atoms with Crippen LogP contribution in [0.2, 0.25) is 0 Å².